The van der Waals surface area contributed by atoms with Crippen LogP contribution in [-0.4, -0.2) is 24.2 Å². The van der Waals surface area contributed by atoms with E-state index in [1.807, 2.05) is 24.3 Å². The molecular weight excluding hydrogens is 194 g/mol. The topological polar surface area (TPSA) is 72.5 Å². The minimum absolute atomic E-state index is 0.0167. The number of rotatable bonds is 5. The predicted octanol–water partition coefficient (Wildman–Crippen LogP) is 1.04. The van der Waals surface area contributed by atoms with Crippen LogP contribution in [0.15, 0.2) is 24.3 Å². The molecule has 0 heterocycles. The maximum Gasteiger partial charge on any atom is 0.304 e. The molecule has 0 unspecified atom stereocenters. The van der Waals surface area contributed by atoms with Crippen molar-refractivity contribution in [1.29, 1.82) is 0 Å². The quantitative estimate of drug-likeness (QED) is 0.760. The van der Waals surface area contributed by atoms with Crippen molar-refractivity contribution in [3.63, 3.8) is 0 Å². The van der Waals surface area contributed by atoms with E-state index < -0.39 is 5.97 Å². The van der Waals surface area contributed by atoms with Crippen molar-refractivity contribution in [2.24, 2.45) is 5.73 Å². The number of carboxylic acids is 1. The van der Waals surface area contributed by atoms with Crippen LogP contribution in [0.2, 0.25) is 0 Å². The van der Waals surface area contributed by atoms with Gasteiger partial charge in [-0.1, -0.05) is 12.1 Å². The van der Waals surface area contributed by atoms with Gasteiger partial charge in [-0.05, 0) is 24.1 Å². The third-order valence-electron chi connectivity index (χ3n) is 2.07. The average molecular weight is 209 g/mol. The number of benzene rings is 1. The summed E-state index contributed by atoms with van der Waals surface area (Å²) in [5.74, 6) is -0.111. The zero-order valence-electron chi connectivity index (χ0n) is 8.64. The molecule has 0 aliphatic carbocycles. The Morgan fingerprint density at radius 1 is 1.60 bits per heavy atom. The van der Waals surface area contributed by atoms with E-state index >= 15 is 0 Å². The number of carboxylic acid groups (broad SMARTS) is 1. The number of aliphatic carboxylic acids is 1. The van der Waals surface area contributed by atoms with Gasteiger partial charge in [0.15, 0.2) is 0 Å². The van der Waals surface area contributed by atoms with E-state index in [0.29, 0.717) is 6.42 Å². The van der Waals surface area contributed by atoms with Crippen LogP contribution < -0.4 is 10.5 Å². The SMILES string of the molecule is COc1cccc(C[C@@H](N)CC(=O)O)c1. The summed E-state index contributed by atoms with van der Waals surface area (Å²) in [6, 6.07) is 7.12. The Bertz CT molecular complexity index is 338. The second-order valence-corrected chi connectivity index (χ2v) is 3.41. The molecule has 0 saturated carbocycles. The molecule has 4 heteroatoms. The summed E-state index contributed by atoms with van der Waals surface area (Å²) >= 11 is 0. The fourth-order valence-corrected chi connectivity index (χ4v) is 1.40. The first-order valence-electron chi connectivity index (χ1n) is 4.72. The number of methoxy groups -OCH3 is 1. The molecule has 1 rings (SSSR count). The molecule has 0 spiro atoms. The van der Waals surface area contributed by atoms with Crippen LogP contribution in [0.5, 0.6) is 5.75 Å². The zero-order chi connectivity index (χ0) is 11.3. The maximum absolute atomic E-state index is 10.4. The van der Waals surface area contributed by atoms with Gasteiger partial charge in [-0.15, -0.1) is 0 Å². The molecule has 3 N–H and O–H groups in total. The highest BCUT2D eigenvalue weighted by Gasteiger charge is 2.09. The Morgan fingerprint density at radius 3 is 2.93 bits per heavy atom. The highest BCUT2D eigenvalue weighted by Crippen LogP contribution is 2.14. The number of hydrogen-bond acceptors (Lipinski definition) is 3. The van der Waals surface area contributed by atoms with Crippen LogP contribution in [0.1, 0.15) is 12.0 Å². The number of hydrogen-bond donors (Lipinski definition) is 2. The minimum atomic E-state index is -0.870. The van der Waals surface area contributed by atoms with Crippen molar-refractivity contribution in [1.82, 2.24) is 0 Å². The maximum atomic E-state index is 10.4. The summed E-state index contributed by atoms with van der Waals surface area (Å²) in [4.78, 5) is 10.4. The Morgan fingerprint density at radius 2 is 2.33 bits per heavy atom. The normalized spacial score (nSPS) is 12.1. The molecule has 0 fully saturated rings. The molecule has 1 aromatic rings. The summed E-state index contributed by atoms with van der Waals surface area (Å²) in [6.07, 6.45) is 0.528. The van der Waals surface area contributed by atoms with E-state index in [4.69, 9.17) is 15.6 Å². The van der Waals surface area contributed by atoms with E-state index in [0.717, 1.165) is 11.3 Å². The van der Waals surface area contributed by atoms with Gasteiger partial charge in [0.1, 0.15) is 5.75 Å². The lowest BCUT2D eigenvalue weighted by molar-refractivity contribution is -0.137. The highest BCUT2D eigenvalue weighted by molar-refractivity contribution is 5.67. The van der Waals surface area contributed by atoms with Crippen LogP contribution in [0.3, 0.4) is 0 Å². The van der Waals surface area contributed by atoms with Gasteiger partial charge >= 0.3 is 5.97 Å². The Hall–Kier alpha value is -1.55. The molecule has 82 valence electrons. The molecule has 0 aliphatic heterocycles. The zero-order valence-corrected chi connectivity index (χ0v) is 8.64. The van der Waals surface area contributed by atoms with Gasteiger partial charge in [-0.3, -0.25) is 4.79 Å². The van der Waals surface area contributed by atoms with Gasteiger partial charge in [0.2, 0.25) is 0 Å². The summed E-state index contributed by atoms with van der Waals surface area (Å²) in [5, 5.41) is 8.56. The van der Waals surface area contributed by atoms with Gasteiger partial charge < -0.3 is 15.6 Å². The minimum Gasteiger partial charge on any atom is -0.497 e. The van der Waals surface area contributed by atoms with E-state index in [1.165, 1.54) is 0 Å². The fraction of sp³-hybridized carbons (Fsp3) is 0.364. The average Bonchev–Trinajstić information content (AvgIpc) is 2.16. The third-order valence-corrected chi connectivity index (χ3v) is 2.07. The van der Waals surface area contributed by atoms with E-state index in [-0.39, 0.29) is 12.5 Å². The molecule has 4 nitrogen and oxygen atoms in total. The molecule has 1 atom stereocenters. The van der Waals surface area contributed by atoms with E-state index in [9.17, 15) is 4.79 Å². The fourth-order valence-electron chi connectivity index (χ4n) is 1.40. The lowest BCUT2D eigenvalue weighted by Gasteiger charge is -2.09. The lowest BCUT2D eigenvalue weighted by Crippen LogP contribution is -2.26. The van der Waals surface area contributed by atoms with Gasteiger partial charge in [-0.25, -0.2) is 0 Å². The number of nitrogens with two attached hydrogens (primary N) is 1. The van der Waals surface area contributed by atoms with Crippen LogP contribution in [0.25, 0.3) is 0 Å². The summed E-state index contributed by atoms with van der Waals surface area (Å²) in [5.41, 5.74) is 6.67. The molecular formula is C11H15NO3. The van der Waals surface area contributed by atoms with Crippen molar-refractivity contribution < 1.29 is 14.6 Å². The predicted molar refractivity (Wildman–Crippen MR) is 56.9 cm³/mol. The second kappa shape index (κ2) is 5.36. The molecule has 0 radical (unpaired) electrons. The largest absolute Gasteiger partial charge is 0.497 e. The molecule has 15 heavy (non-hydrogen) atoms. The Kier molecular flexibility index (Phi) is 4.12. The summed E-state index contributed by atoms with van der Waals surface area (Å²) < 4.78 is 5.06. The van der Waals surface area contributed by atoms with Gasteiger partial charge in [0.25, 0.3) is 0 Å². The molecule has 0 bridgehead atoms. The Labute approximate surface area is 88.7 Å². The van der Waals surface area contributed by atoms with Crippen LogP contribution in [0, 0.1) is 0 Å². The van der Waals surface area contributed by atoms with Crippen LogP contribution in [-0.2, 0) is 11.2 Å². The van der Waals surface area contributed by atoms with E-state index in [1.54, 1.807) is 7.11 Å². The first-order valence-corrected chi connectivity index (χ1v) is 4.72. The van der Waals surface area contributed by atoms with Gasteiger partial charge in [-0.2, -0.15) is 0 Å². The van der Waals surface area contributed by atoms with Crippen molar-refractivity contribution in [3.8, 4) is 5.75 Å². The summed E-state index contributed by atoms with van der Waals surface area (Å²) in [7, 11) is 1.59. The molecule has 0 aromatic heterocycles. The smallest absolute Gasteiger partial charge is 0.304 e. The molecule has 0 saturated heterocycles. The van der Waals surface area contributed by atoms with Crippen LogP contribution in [0.4, 0.5) is 0 Å². The monoisotopic (exact) mass is 209 g/mol. The number of carbonyl (C=O) groups is 1. The van der Waals surface area contributed by atoms with Gasteiger partial charge in [0, 0.05) is 6.04 Å². The van der Waals surface area contributed by atoms with Crippen molar-refractivity contribution in [3.05, 3.63) is 29.8 Å². The first-order chi connectivity index (χ1) is 7.11. The Balaban J connectivity index is 2.59. The van der Waals surface area contributed by atoms with Crippen molar-refractivity contribution >= 4 is 5.97 Å². The number of ether oxygens (including phenoxy) is 1. The molecule has 1 aromatic carbocycles. The third kappa shape index (κ3) is 3.99. The van der Waals surface area contributed by atoms with Gasteiger partial charge in [0.05, 0.1) is 13.5 Å². The van der Waals surface area contributed by atoms with Crippen molar-refractivity contribution in [2.75, 3.05) is 7.11 Å². The van der Waals surface area contributed by atoms with E-state index in [2.05, 4.69) is 0 Å². The molecule has 0 aliphatic rings. The highest BCUT2D eigenvalue weighted by atomic mass is 16.5. The molecule has 0 amide bonds. The second-order valence-electron chi connectivity index (χ2n) is 3.41. The first kappa shape index (κ1) is 11.5. The standard InChI is InChI=1S/C11H15NO3/c1-15-10-4-2-3-8(6-10)5-9(12)7-11(13)14/h2-4,6,9H,5,7,12H2,1H3,(H,13,14)/t9-/m1/s1. The lowest BCUT2D eigenvalue weighted by atomic mass is 10.0. The van der Waals surface area contributed by atoms with Crippen LogP contribution >= 0.6 is 0 Å². The van der Waals surface area contributed by atoms with Crippen molar-refractivity contribution in [2.45, 2.75) is 18.9 Å². The summed E-state index contributed by atoms with van der Waals surface area (Å²) in [6.45, 7) is 0.